The number of carbonyl (C=O) groups is 1. The van der Waals surface area contributed by atoms with Crippen LogP contribution in [0.25, 0.3) is 0 Å². The van der Waals surface area contributed by atoms with E-state index in [-0.39, 0.29) is 11.8 Å². The first-order valence-electron chi connectivity index (χ1n) is 5.90. The second-order valence-corrected chi connectivity index (χ2v) is 4.49. The summed E-state index contributed by atoms with van der Waals surface area (Å²) in [6, 6.07) is 12.8. The molecule has 0 bridgehead atoms. The van der Waals surface area contributed by atoms with E-state index < -0.39 is 0 Å². The Bertz CT molecular complexity index is 641. The van der Waals surface area contributed by atoms with Crippen molar-refractivity contribution < 1.29 is 13.9 Å². The molecule has 1 N–H and O–H groups in total. The van der Waals surface area contributed by atoms with Gasteiger partial charge in [0.2, 0.25) is 0 Å². The van der Waals surface area contributed by atoms with Gasteiger partial charge in [0.25, 0.3) is 0 Å². The summed E-state index contributed by atoms with van der Waals surface area (Å²) in [5.74, 6) is -0.267. The van der Waals surface area contributed by atoms with Crippen LogP contribution >= 0.6 is 12.2 Å². The largest absolute Gasteiger partial charge is 0.427 e. The zero-order chi connectivity index (χ0) is 14.5. The van der Waals surface area contributed by atoms with Gasteiger partial charge in [-0.1, -0.05) is 24.4 Å². The lowest BCUT2D eigenvalue weighted by Crippen LogP contribution is -2.11. The van der Waals surface area contributed by atoms with Crippen LogP contribution < -0.4 is 10.1 Å². The first-order chi connectivity index (χ1) is 9.54. The first kappa shape index (κ1) is 14.1. The highest BCUT2D eigenvalue weighted by atomic mass is 32.1. The number of hydrogen-bond acceptors (Lipinski definition) is 3. The molecule has 0 aliphatic carbocycles. The van der Waals surface area contributed by atoms with Gasteiger partial charge in [0.05, 0.1) is 0 Å². The lowest BCUT2D eigenvalue weighted by Gasteiger charge is -2.09. The molecule has 0 saturated carbocycles. The molecule has 102 valence electrons. The van der Waals surface area contributed by atoms with E-state index in [1.807, 2.05) is 0 Å². The van der Waals surface area contributed by atoms with Crippen molar-refractivity contribution >= 4 is 28.9 Å². The van der Waals surface area contributed by atoms with Crippen LogP contribution in [-0.2, 0) is 4.79 Å². The molecular formula is C15H12FNO2S. The van der Waals surface area contributed by atoms with Crippen LogP contribution in [0.4, 0.5) is 10.1 Å². The SMILES string of the molecule is CC(=O)Oc1cccc(C(=S)Nc2ccc(F)cc2)c1. The molecule has 20 heavy (non-hydrogen) atoms. The summed E-state index contributed by atoms with van der Waals surface area (Å²) < 4.78 is 17.8. The summed E-state index contributed by atoms with van der Waals surface area (Å²) in [5, 5.41) is 2.99. The van der Waals surface area contributed by atoms with Crippen molar-refractivity contribution in [3.63, 3.8) is 0 Å². The smallest absolute Gasteiger partial charge is 0.308 e. The molecule has 2 aromatic carbocycles. The maximum Gasteiger partial charge on any atom is 0.308 e. The third-order valence-corrected chi connectivity index (χ3v) is 2.80. The second kappa shape index (κ2) is 6.25. The van der Waals surface area contributed by atoms with Crippen LogP contribution in [0.3, 0.4) is 0 Å². The van der Waals surface area contributed by atoms with Crippen molar-refractivity contribution in [1.82, 2.24) is 0 Å². The van der Waals surface area contributed by atoms with E-state index in [0.717, 1.165) is 0 Å². The summed E-state index contributed by atoms with van der Waals surface area (Å²) in [7, 11) is 0. The third-order valence-electron chi connectivity index (χ3n) is 2.46. The average Bonchev–Trinajstić information content (AvgIpc) is 2.41. The fourth-order valence-electron chi connectivity index (χ4n) is 1.60. The number of hydrogen-bond donors (Lipinski definition) is 1. The summed E-state index contributed by atoms with van der Waals surface area (Å²) in [6.07, 6.45) is 0. The van der Waals surface area contributed by atoms with Crippen LogP contribution in [0.15, 0.2) is 48.5 Å². The number of halogens is 1. The minimum Gasteiger partial charge on any atom is -0.427 e. The predicted molar refractivity (Wildman–Crippen MR) is 79.5 cm³/mol. The Balaban J connectivity index is 2.12. The fraction of sp³-hybridized carbons (Fsp3) is 0.0667. The van der Waals surface area contributed by atoms with Crippen molar-refractivity contribution in [2.75, 3.05) is 5.32 Å². The Morgan fingerprint density at radius 2 is 1.90 bits per heavy atom. The minimum absolute atomic E-state index is 0.307. The van der Waals surface area contributed by atoms with Crippen molar-refractivity contribution in [2.24, 2.45) is 0 Å². The molecule has 5 heteroatoms. The lowest BCUT2D eigenvalue weighted by molar-refractivity contribution is -0.131. The van der Waals surface area contributed by atoms with Gasteiger partial charge in [-0.3, -0.25) is 4.79 Å². The number of nitrogens with one attached hydrogen (secondary N) is 1. The minimum atomic E-state index is -0.389. The molecule has 0 fully saturated rings. The van der Waals surface area contributed by atoms with Crippen molar-refractivity contribution in [3.05, 3.63) is 59.9 Å². The molecule has 0 amide bonds. The zero-order valence-corrected chi connectivity index (χ0v) is 11.5. The molecule has 0 unspecified atom stereocenters. The van der Waals surface area contributed by atoms with E-state index >= 15 is 0 Å². The summed E-state index contributed by atoms with van der Waals surface area (Å²) in [6.45, 7) is 1.34. The number of thiocarbonyl (C=S) groups is 1. The third kappa shape index (κ3) is 3.86. The van der Waals surface area contributed by atoms with Gasteiger partial charge in [-0.2, -0.15) is 0 Å². The van der Waals surface area contributed by atoms with E-state index in [2.05, 4.69) is 5.32 Å². The van der Waals surface area contributed by atoms with Crippen LogP contribution in [-0.4, -0.2) is 11.0 Å². The van der Waals surface area contributed by atoms with E-state index in [4.69, 9.17) is 17.0 Å². The summed E-state index contributed by atoms with van der Waals surface area (Å²) in [4.78, 5) is 11.4. The molecule has 2 aromatic rings. The average molecular weight is 289 g/mol. The van der Waals surface area contributed by atoms with Crippen molar-refractivity contribution in [2.45, 2.75) is 6.92 Å². The van der Waals surface area contributed by atoms with Crippen LogP contribution in [0.5, 0.6) is 5.75 Å². The Morgan fingerprint density at radius 3 is 2.55 bits per heavy atom. The normalized spacial score (nSPS) is 9.90. The molecule has 0 aromatic heterocycles. The lowest BCUT2D eigenvalue weighted by atomic mass is 10.2. The van der Waals surface area contributed by atoms with Gasteiger partial charge >= 0.3 is 5.97 Å². The standard InChI is InChI=1S/C15H12FNO2S/c1-10(18)19-14-4-2-3-11(9-14)15(20)17-13-7-5-12(16)6-8-13/h2-9H,1H3,(H,17,20). The number of rotatable bonds is 3. The van der Waals surface area contributed by atoms with E-state index in [1.165, 1.54) is 19.1 Å². The number of benzene rings is 2. The summed E-state index contributed by atoms with van der Waals surface area (Å²) >= 11 is 5.26. The van der Waals surface area contributed by atoms with Gasteiger partial charge in [-0.05, 0) is 36.4 Å². The first-order valence-corrected chi connectivity index (χ1v) is 6.31. The molecule has 0 aliphatic heterocycles. The van der Waals surface area contributed by atoms with Crippen LogP contribution in [0.1, 0.15) is 12.5 Å². The molecular weight excluding hydrogens is 277 g/mol. The second-order valence-electron chi connectivity index (χ2n) is 4.08. The number of esters is 1. The van der Waals surface area contributed by atoms with Gasteiger partial charge in [0, 0.05) is 18.2 Å². The highest BCUT2D eigenvalue weighted by Crippen LogP contribution is 2.16. The maximum absolute atomic E-state index is 12.8. The Hall–Kier alpha value is -2.27. The van der Waals surface area contributed by atoms with Gasteiger partial charge in [0.1, 0.15) is 16.6 Å². The van der Waals surface area contributed by atoms with E-state index in [1.54, 1.807) is 36.4 Å². The molecule has 0 spiro atoms. The molecule has 0 saturated heterocycles. The van der Waals surface area contributed by atoms with E-state index in [9.17, 15) is 9.18 Å². The number of anilines is 1. The molecule has 0 radical (unpaired) electrons. The number of ether oxygens (including phenoxy) is 1. The van der Waals surface area contributed by atoms with Crippen LogP contribution in [0.2, 0.25) is 0 Å². The van der Waals surface area contributed by atoms with Gasteiger partial charge in [0.15, 0.2) is 0 Å². The molecule has 0 heterocycles. The topological polar surface area (TPSA) is 38.3 Å². The van der Waals surface area contributed by atoms with E-state index in [0.29, 0.717) is 22.0 Å². The Labute approximate surface area is 121 Å². The van der Waals surface area contributed by atoms with Crippen molar-refractivity contribution in [3.8, 4) is 5.75 Å². The number of carbonyl (C=O) groups excluding carboxylic acids is 1. The highest BCUT2D eigenvalue weighted by Gasteiger charge is 2.05. The van der Waals surface area contributed by atoms with Gasteiger partial charge in [-0.25, -0.2) is 4.39 Å². The zero-order valence-electron chi connectivity index (χ0n) is 10.7. The predicted octanol–water partition coefficient (Wildman–Crippen LogP) is 3.54. The maximum atomic E-state index is 12.8. The molecule has 0 aliphatic rings. The highest BCUT2D eigenvalue weighted by molar-refractivity contribution is 7.81. The quantitative estimate of drug-likeness (QED) is 0.533. The Morgan fingerprint density at radius 1 is 1.20 bits per heavy atom. The van der Waals surface area contributed by atoms with Crippen molar-refractivity contribution in [1.29, 1.82) is 0 Å². The van der Waals surface area contributed by atoms with Gasteiger partial charge in [-0.15, -0.1) is 0 Å². The van der Waals surface area contributed by atoms with Gasteiger partial charge < -0.3 is 10.1 Å². The monoisotopic (exact) mass is 289 g/mol. The molecule has 3 nitrogen and oxygen atoms in total. The summed E-state index contributed by atoms with van der Waals surface area (Å²) in [5.41, 5.74) is 1.40. The Kier molecular flexibility index (Phi) is 4.42. The molecule has 2 rings (SSSR count). The van der Waals surface area contributed by atoms with Crippen LogP contribution in [0, 0.1) is 5.82 Å². The molecule has 0 atom stereocenters. The fourth-order valence-corrected chi connectivity index (χ4v) is 1.85.